The molecule has 0 unspecified atom stereocenters. The Kier molecular flexibility index (Phi) is 3.51. The maximum Gasteiger partial charge on any atom is 0.186 e. The number of rotatable bonds is 3. The molecular formula is C12H16FNOSi. The molecule has 1 aromatic carbocycles. The van der Waals surface area contributed by atoms with Crippen molar-refractivity contribution in [3.8, 4) is 6.07 Å². The molecule has 0 bridgehead atoms. The molecule has 0 saturated heterocycles. The van der Waals surface area contributed by atoms with E-state index >= 15 is 0 Å². The van der Waals surface area contributed by atoms with E-state index in [9.17, 15) is 9.65 Å². The van der Waals surface area contributed by atoms with Gasteiger partial charge in [0.05, 0.1) is 0 Å². The normalized spacial score (nSPS) is 15.2. The van der Waals surface area contributed by atoms with Crippen molar-refractivity contribution >= 4 is 8.32 Å². The van der Waals surface area contributed by atoms with E-state index in [-0.39, 0.29) is 5.82 Å². The van der Waals surface area contributed by atoms with Crippen LogP contribution in [0.5, 0.6) is 0 Å². The van der Waals surface area contributed by atoms with Crippen molar-refractivity contribution in [2.24, 2.45) is 0 Å². The zero-order chi connectivity index (χ0) is 12.4. The van der Waals surface area contributed by atoms with Gasteiger partial charge < -0.3 is 4.43 Å². The summed E-state index contributed by atoms with van der Waals surface area (Å²) in [4.78, 5) is 0. The van der Waals surface area contributed by atoms with Crippen molar-refractivity contribution in [3.63, 3.8) is 0 Å². The fourth-order valence-electron chi connectivity index (χ4n) is 1.53. The molecule has 0 N–H and O–H groups in total. The predicted molar refractivity (Wildman–Crippen MR) is 63.8 cm³/mol. The van der Waals surface area contributed by atoms with Crippen molar-refractivity contribution in [2.45, 2.75) is 32.2 Å². The van der Waals surface area contributed by atoms with Gasteiger partial charge in [-0.3, -0.25) is 0 Å². The minimum atomic E-state index is -1.83. The van der Waals surface area contributed by atoms with E-state index in [1.165, 1.54) is 12.1 Å². The SMILES string of the molecule is C[C@](C#N)(O[Si](C)(C)C)c1ccc(F)cc1. The largest absolute Gasteiger partial charge is 0.397 e. The van der Waals surface area contributed by atoms with E-state index in [4.69, 9.17) is 4.43 Å². The first-order chi connectivity index (χ1) is 7.27. The highest BCUT2D eigenvalue weighted by molar-refractivity contribution is 6.69. The second-order valence-corrected chi connectivity index (χ2v) is 9.30. The first-order valence-corrected chi connectivity index (χ1v) is 8.55. The van der Waals surface area contributed by atoms with Crippen molar-refractivity contribution in [3.05, 3.63) is 35.6 Å². The molecule has 0 aromatic heterocycles. The molecule has 0 aliphatic carbocycles. The number of hydrogen-bond acceptors (Lipinski definition) is 2. The Labute approximate surface area is 96.8 Å². The van der Waals surface area contributed by atoms with Crippen LogP contribution in [0.2, 0.25) is 19.6 Å². The summed E-state index contributed by atoms with van der Waals surface area (Å²) in [5.41, 5.74) is -0.295. The van der Waals surface area contributed by atoms with Gasteiger partial charge in [-0.15, -0.1) is 0 Å². The maximum atomic E-state index is 12.8. The summed E-state index contributed by atoms with van der Waals surface area (Å²) < 4.78 is 18.7. The van der Waals surface area contributed by atoms with Gasteiger partial charge in [0.15, 0.2) is 13.9 Å². The van der Waals surface area contributed by atoms with Crippen LogP contribution in [0.25, 0.3) is 0 Å². The average molecular weight is 237 g/mol. The molecule has 0 heterocycles. The fraction of sp³-hybridized carbons (Fsp3) is 0.417. The monoisotopic (exact) mass is 237 g/mol. The molecule has 1 aromatic rings. The lowest BCUT2D eigenvalue weighted by Gasteiger charge is -2.30. The highest BCUT2D eigenvalue weighted by Crippen LogP contribution is 2.28. The molecule has 0 aliphatic heterocycles. The average Bonchev–Trinajstić information content (AvgIpc) is 2.16. The summed E-state index contributed by atoms with van der Waals surface area (Å²) >= 11 is 0. The lowest BCUT2D eigenvalue weighted by molar-refractivity contribution is 0.141. The summed E-state index contributed by atoms with van der Waals surface area (Å²) in [6, 6.07) is 8.04. The van der Waals surface area contributed by atoms with Crippen LogP contribution in [0.1, 0.15) is 12.5 Å². The Morgan fingerprint density at radius 2 is 1.75 bits per heavy atom. The molecule has 0 fully saturated rings. The van der Waals surface area contributed by atoms with Crippen LogP contribution < -0.4 is 0 Å². The van der Waals surface area contributed by atoms with Gasteiger partial charge in [0.1, 0.15) is 11.9 Å². The molecule has 0 aliphatic rings. The number of hydrogen-bond donors (Lipinski definition) is 0. The minimum absolute atomic E-state index is 0.308. The van der Waals surface area contributed by atoms with Crippen molar-refractivity contribution in [1.82, 2.24) is 0 Å². The van der Waals surface area contributed by atoms with Crippen LogP contribution in [0.3, 0.4) is 0 Å². The van der Waals surface area contributed by atoms with E-state index in [2.05, 4.69) is 6.07 Å². The Hall–Kier alpha value is -1.18. The first kappa shape index (κ1) is 12.9. The third kappa shape index (κ3) is 3.16. The quantitative estimate of drug-likeness (QED) is 0.755. The van der Waals surface area contributed by atoms with Gasteiger partial charge in [0.25, 0.3) is 0 Å². The number of nitriles is 1. The molecule has 0 saturated carbocycles. The van der Waals surface area contributed by atoms with Crippen LogP contribution in [0.4, 0.5) is 4.39 Å². The molecule has 1 rings (SSSR count). The van der Waals surface area contributed by atoms with Crippen LogP contribution in [0.15, 0.2) is 24.3 Å². The summed E-state index contributed by atoms with van der Waals surface area (Å²) in [7, 11) is -1.83. The van der Waals surface area contributed by atoms with E-state index in [0.29, 0.717) is 5.56 Å². The summed E-state index contributed by atoms with van der Waals surface area (Å²) in [6.07, 6.45) is 0. The van der Waals surface area contributed by atoms with Crippen molar-refractivity contribution in [1.29, 1.82) is 5.26 Å². The Balaban J connectivity index is 3.06. The second kappa shape index (κ2) is 4.36. The maximum absolute atomic E-state index is 12.8. The van der Waals surface area contributed by atoms with E-state index in [1.807, 2.05) is 19.6 Å². The fourth-order valence-corrected chi connectivity index (χ4v) is 2.91. The smallest absolute Gasteiger partial charge is 0.186 e. The number of benzene rings is 1. The second-order valence-electron chi connectivity index (χ2n) is 4.87. The van der Waals surface area contributed by atoms with Crippen molar-refractivity contribution in [2.75, 3.05) is 0 Å². The van der Waals surface area contributed by atoms with Gasteiger partial charge in [-0.2, -0.15) is 5.26 Å². The summed E-state index contributed by atoms with van der Waals surface area (Å²) in [5.74, 6) is -0.308. The zero-order valence-corrected chi connectivity index (χ0v) is 11.0. The van der Waals surface area contributed by atoms with Crippen LogP contribution in [-0.2, 0) is 10.0 Å². The van der Waals surface area contributed by atoms with Crippen LogP contribution >= 0.6 is 0 Å². The van der Waals surface area contributed by atoms with Crippen LogP contribution in [-0.4, -0.2) is 8.32 Å². The highest BCUT2D eigenvalue weighted by Gasteiger charge is 2.33. The molecule has 0 radical (unpaired) electrons. The Morgan fingerprint density at radius 1 is 1.25 bits per heavy atom. The third-order valence-corrected chi connectivity index (χ3v) is 3.14. The molecule has 1 atom stereocenters. The zero-order valence-electron chi connectivity index (χ0n) is 10.0. The van der Waals surface area contributed by atoms with E-state index < -0.39 is 13.9 Å². The van der Waals surface area contributed by atoms with E-state index in [0.717, 1.165) is 0 Å². The molecule has 0 amide bonds. The van der Waals surface area contributed by atoms with Gasteiger partial charge in [0.2, 0.25) is 0 Å². The van der Waals surface area contributed by atoms with Gasteiger partial charge >= 0.3 is 0 Å². The van der Waals surface area contributed by atoms with Crippen molar-refractivity contribution < 1.29 is 8.82 Å². The highest BCUT2D eigenvalue weighted by atomic mass is 28.4. The standard InChI is InChI=1S/C12H16FNOSi/c1-12(9-14,15-16(2,3)4)10-5-7-11(13)8-6-10/h5-8H,1-4H3/t12-/m1/s1. The van der Waals surface area contributed by atoms with Crippen LogP contribution in [0, 0.1) is 17.1 Å². The van der Waals surface area contributed by atoms with Gasteiger partial charge in [-0.25, -0.2) is 4.39 Å². The lowest BCUT2D eigenvalue weighted by Crippen LogP contribution is -2.37. The Morgan fingerprint density at radius 3 is 2.12 bits per heavy atom. The molecular weight excluding hydrogens is 221 g/mol. The van der Waals surface area contributed by atoms with Gasteiger partial charge in [0, 0.05) is 0 Å². The topological polar surface area (TPSA) is 33.0 Å². The lowest BCUT2D eigenvalue weighted by atomic mass is 9.98. The molecule has 4 heteroatoms. The molecule has 86 valence electrons. The number of nitrogens with zero attached hydrogens (tertiary/aromatic N) is 1. The van der Waals surface area contributed by atoms with Gasteiger partial charge in [-0.05, 0) is 44.3 Å². The molecule has 16 heavy (non-hydrogen) atoms. The first-order valence-electron chi connectivity index (χ1n) is 5.14. The minimum Gasteiger partial charge on any atom is -0.397 e. The third-order valence-electron chi connectivity index (χ3n) is 2.12. The van der Waals surface area contributed by atoms with Gasteiger partial charge in [-0.1, -0.05) is 12.1 Å². The molecule has 2 nitrogen and oxygen atoms in total. The number of halogens is 1. The molecule has 0 spiro atoms. The summed E-state index contributed by atoms with van der Waals surface area (Å²) in [6.45, 7) is 7.78. The van der Waals surface area contributed by atoms with E-state index in [1.54, 1.807) is 19.1 Å². The Bertz CT molecular complexity index is 405. The predicted octanol–water partition coefficient (Wildman–Crippen LogP) is 3.42. The summed E-state index contributed by atoms with van der Waals surface area (Å²) in [5, 5.41) is 9.22.